The van der Waals surface area contributed by atoms with E-state index < -0.39 is 0 Å². The number of hydrogen-bond acceptors (Lipinski definition) is 4. The van der Waals surface area contributed by atoms with Crippen LogP contribution in [0.3, 0.4) is 0 Å². The molecular formula is C25H36ClNO3. The van der Waals surface area contributed by atoms with Gasteiger partial charge in [-0.15, -0.1) is 0 Å². The van der Waals surface area contributed by atoms with Crippen LogP contribution >= 0.6 is 11.6 Å². The first-order chi connectivity index (χ1) is 14.7. The van der Waals surface area contributed by atoms with Crippen molar-refractivity contribution in [1.82, 2.24) is 0 Å². The molecule has 166 valence electrons. The minimum absolute atomic E-state index is 0.157. The van der Waals surface area contributed by atoms with E-state index in [0.29, 0.717) is 23.1 Å². The molecule has 0 unspecified atom stereocenters. The lowest BCUT2D eigenvalue weighted by Crippen LogP contribution is -2.09. The van der Waals surface area contributed by atoms with Crippen LogP contribution in [-0.2, 0) is 0 Å². The first kappa shape index (κ1) is 24.2. The van der Waals surface area contributed by atoms with Crippen molar-refractivity contribution in [2.24, 2.45) is 0 Å². The van der Waals surface area contributed by atoms with Crippen molar-refractivity contribution in [2.75, 3.05) is 18.7 Å². The number of hydrogen-bond donors (Lipinski definition) is 2. The third-order valence-corrected chi connectivity index (χ3v) is 5.37. The maximum atomic E-state index is 10.0. The van der Waals surface area contributed by atoms with Gasteiger partial charge >= 0.3 is 0 Å². The van der Waals surface area contributed by atoms with E-state index in [-0.39, 0.29) is 12.5 Å². The minimum Gasteiger partial charge on any atom is -0.506 e. The predicted octanol–water partition coefficient (Wildman–Crippen LogP) is 7.79. The largest absolute Gasteiger partial charge is 0.506 e. The van der Waals surface area contributed by atoms with Crippen LogP contribution in [0.2, 0.25) is 5.02 Å². The summed E-state index contributed by atoms with van der Waals surface area (Å²) in [7, 11) is 0. The molecule has 2 N–H and O–H groups in total. The highest BCUT2D eigenvalue weighted by Gasteiger charge is 2.05. The smallest absolute Gasteiger partial charge is 0.159 e. The summed E-state index contributed by atoms with van der Waals surface area (Å²) in [6, 6.07) is 12.5. The molecule has 2 aromatic carbocycles. The van der Waals surface area contributed by atoms with E-state index in [1.165, 1.54) is 57.8 Å². The van der Waals surface area contributed by atoms with Crippen LogP contribution in [0.25, 0.3) is 0 Å². The molecule has 0 heterocycles. The Morgan fingerprint density at radius 2 is 1.50 bits per heavy atom. The predicted molar refractivity (Wildman–Crippen MR) is 126 cm³/mol. The molecule has 0 atom stereocenters. The first-order valence-corrected chi connectivity index (χ1v) is 11.7. The molecule has 0 saturated heterocycles. The normalized spacial score (nSPS) is 10.7. The van der Waals surface area contributed by atoms with Gasteiger partial charge in [0.1, 0.15) is 17.2 Å². The Balaban J connectivity index is 1.60. The van der Waals surface area contributed by atoms with Gasteiger partial charge in [-0.05, 0) is 30.7 Å². The van der Waals surface area contributed by atoms with E-state index in [9.17, 15) is 5.11 Å². The van der Waals surface area contributed by atoms with Gasteiger partial charge in [-0.25, -0.2) is 0 Å². The second-order valence-electron chi connectivity index (χ2n) is 7.61. The summed E-state index contributed by atoms with van der Waals surface area (Å²) >= 11 is 6.08. The zero-order chi connectivity index (χ0) is 21.4. The molecule has 0 aliphatic carbocycles. The first-order valence-electron chi connectivity index (χ1n) is 11.3. The highest BCUT2D eigenvalue weighted by Crippen LogP contribution is 2.29. The Morgan fingerprint density at radius 3 is 2.20 bits per heavy atom. The van der Waals surface area contributed by atoms with Crippen LogP contribution in [0.15, 0.2) is 42.5 Å². The Morgan fingerprint density at radius 1 is 0.833 bits per heavy atom. The number of benzene rings is 2. The summed E-state index contributed by atoms with van der Waals surface area (Å²) in [4.78, 5) is 0. The summed E-state index contributed by atoms with van der Waals surface area (Å²) in [6.45, 7) is 3.14. The molecule has 0 radical (unpaired) electrons. The van der Waals surface area contributed by atoms with E-state index in [1.54, 1.807) is 30.3 Å². The van der Waals surface area contributed by atoms with Crippen molar-refractivity contribution in [3.63, 3.8) is 0 Å². The van der Waals surface area contributed by atoms with Gasteiger partial charge in [0, 0.05) is 6.07 Å². The summed E-state index contributed by atoms with van der Waals surface area (Å²) in [5.74, 6) is 1.49. The lowest BCUT2D eigenvalue weighted by molar-refractivity contribution is 0.303. The average Bonchev–Trinajstić information content (AvgIpc) is 2.75. The van der Waals surface area contributed by atoms with E-state index >= 15 is 0 Å². The molecule has 0 amide bonds. The quantitative estimate of drug-likeness (QED) is 0.161. The fourth-order valence-electron chi connectivity index (χ4n) is 3.28. The maximum absolute atomic E-state index is 10.0. The monoisotopic (exact) mass is 433 g/mol. The lowest BCUT2D eigenvalue weighted by atomic mass is 10.1. The summed E-state index contributed by atoms with van der Waals surface area (Å²) in [5.41, 5.74) is 0.572. The molecule has 5 heteroatoms. The van der Waals surface area contributed by atoms with Crippen molar-refractivity contribution >= 4 is 17.3 Å². The molecule has 30 heavy (non-hydrogen) atoms. The van der Waals surface area contributed by atoms with Crippen molar-refractivity contribution in [1.29, 1.82) is 0 Å². The van der Waals surface area contributed by atoms with Crippen LogP contribution in [-0.4, -0.2) is 18.4 Å². The second kappa shape index (κ2) is 14.8. The molecule has 4 nitrogen and oxygen atoms in total. The Labute approximate surface area is 186 Å². The van der Waals surface area contributed by atoms with Crippen molar-refractivity contribution in [2.45, 2.75) is 71.1 Å². The number of ether oxygens (including phenoxy) is 2. The highest BCUT2D eigenvalue weighted by atomic mass is 35.5. The van der Waals surface area contributed by atoms with Crippen LogP contribution in [0.5, 0.6) is 17.2 Å². The zero-order valence-electron chi connectivity index (χ0n) is 18.2. The van der Waals surface area contributed by atoms with E-state index in [1.807, 2.05) is 12.1 Å². The van der Waals surface area contributed by atoms with Gasteiger partial charge in [0.15, 0.2) is 6.73 Å². The average molecular weight is 434 g/mol. The van der Waals surface area contributed by atoms with E-state index in [0.717, 1.165) is 12.2 Å². The van der Waals surface area contributed by atoms with Crippen LogP contribution < -0.4 is 14.8 Å². The fourth-order valence-corrected chi connectivity index (χ4v) is 3.47. The van der Waals surface area contributed by atoms with E-state index in [2.05, 4.69) is 12.2 Å². The number of phenols is 1. The Bertz CT molecular complexity index is 723. The van der Waals surface area contributed by atoms with Crippen molar-refractivity contribution in [3.05, 3.63) is 47.5 Å². The van der Waals surface area contributed by atoms with E-state index in [4.69, 9.17) is 21.1 Å². The summed E-state index contributed by atoms with van der Waals surface area (Å²) in [5, 5.41) is 13.7. The van der Waals surface area contributed by atoms with Crippen LogP contribution in [0, 0.1) is 0 Å². The summed E-state index contributed by atoms with van der Waals surface area (Å²) in [6.07, 6.45) is 13.0. The SMILES string of the molecule is CCCCCCCCCCCCOc1ccc(O)c(NCOc2ccccc2Cl)c1. The number of rotatable bonds is 16. The van der Waals surface area contributed by atoms with Gasteiger partial charge in [0.2, 0.25) is 0 Å². The number of halogens is 1. The number of phenolic OH excluding ortho intramolecular Hbond substituents is 1. The number of nitrogens with one attached hydrogen (secondary N) is 1. The topological polar surface area (TPSA) is 50.7 Å². The molecule has 0 spiro atoms. The molecular weight excluding hydrogens is 398 g/mol. The number of aromatic hydroxyl groups is 1. The molecule has 2 rings (SSSR count). The maximum Gasteiger partial charge on any atom is 0.159 e. The van der Waals surface area contributed by atoms with Gasteiger partial charge in [-0.3, -0.25) is 0 Å². The van der Waals surface area contributed by atoms with Gasteiger partial charge < -0.3 is 19.9 Å². The fraction of sp³-hybridized carbons (Fsp3) is 0.520. The molecule has 0 saturated carbocycles. The number of anilines is 1. The minimum atomic E-state index is 0.157. The molecule has 0 aliphatic rings. The van der Waals surface area contributed by atoms with Crippen molar-refractivity contribution in [3.8, 4) is 17.2 Å². The highest BCUT2D eigenvalue weighted by molar-refractivity contribution is 6.32. The van der Waals surface area contributed by atoms with Crippen LogP contribution in [0.4, 0.5) is 5.69 Å². The zero-order valence-corrected chi connectivity index (χ0v) is 18.9. The molecule has 0 aliphatic heterocycles. The van der Waals surface area contributed by atoms with Gasteiger partial charge in [-0.2, -0.15) is 0 Å². The number of unbranched alkanes of at least 4 members (excludes halogenated alkanes) is 9. The van der Waals surface area contributed by atoms with Crippen molar-refractivity contribution < 1.29 is 14.6 Å². The third-order valence-electron chi connectivity index (χ3n) is 5.06. The second-order valence-corrected chi connectivity index (χ2v) is 8.01. The molecule has 0 aromatic heterocycles. The molecule has 0 bridgehead atoms. The summed E-state index contributed by atoms with van der Waals surface area (Å²) < 4.78 is 11.5. The van der Waals surface area contributed by atoms with Gasteiger partial charge in [-0.1, -0.05) is 88.4 Å². The number of para-hydroxylation sites is 1. The van der Waals surface area contributed by atoms with Gasteiger partial charge in [0.05, 0.1) is 17.3 Å². The Kier molecular flexibility index (Phi) is 12.0. The Hall–Kier alpha value is -2.07. The standard InChI is InChI=1S/C25H36ClNO3/c1-2-3-4-5-6-7-8-9-10-13-18-29-21-16-17-24(28)23(19-21)27-20-30-25-15-12-11-14-22(25)26/h11-12,14-17,19,27-28H,2-10,13,18,20H2,1H3. The molecule has 2 aromatic rings. The lowest BCUT2D eigenvalue weighted by Gasteiger charge is -2.13. The van der Waals surface area contributed by atoms with Crippen LogP contribution in [0.1, 0.15) is 71.1 Å². The molecule has 0 fully saturated rings. The third kappa shape index (κ3) is 9.62. The van der Waals surface area contributed by atoms with Gasteiger partial charge in [0.25, 0.3) is 0 Å².